The summed E-state index contributed by atoms with van der Waals surface area (Å²) < 4.78 is 20.5. The highest BCUT2D eigenvalue weighted by molar-refractivity contribution is 6.09. The Labute approximate surface area is 184 Å². The predicted molar refractivity (Wildman–Crippen MR) is 121 cm³/mol. The maximum atomic E-state index is 13.6. The van der Waals surface area contributed by atoms with Crippen molar-refractivity contribution in [3.05, 3.63) is 78.5 Å². The van der Waals surface area contributed by atoms with Crippen LogP contribution in [-0.2, 0) is 4.74 Å². The van der Waals surface area contributed by atoms with Gasteiger partial charge in [-0.2, -0.15) is 0 Å². The maximum Gasteiger partial charge on any atom is 0.277 e. The van der Waals surface area contributed by atoms with Crippen LogP contribution >= 0.6 is 0 Å². The third-order valence-electron chi connectivity index (χ3n) is 5.64. The van der Waals surface area contributed by atoms with E-state index in [1.807, 2.05) is 24.3 Å². The van der Waals surface area contributed by atoms with Crippen molar-refractivity contribution >= 4 is 23.1 Å². The number of carbonyl (C=O) groups excluding carboxylic acids is 1. The van der Waals surface area contributed by atoms with Crippen LogP contribution in [0.1, 0.15) is 10.5 Å². The van der Waals surface area contributed by atoms with Crippen molar-refractivity contribution in [2.45, 2.75) is 0 Å². The number of halogens is 1. The monoisotopic (exact) mass is 431 g/mol. The number of benzene rings is 2. The number of carbonyl (C=O) groups is 1. The zero-order valence-corrected chi connectivity index (χ0v) is 17.6. The van der Waals surface area contributed by atoms with Crippen molar-refractivity contribution < 1.29 is 13.9 Å². The zero-order chi connectivity index (χ0) is 22.1. The van der Waals surface area contributed by atoms with Crippen LogP contribution in [0.2, 0.25) is 0 Å². The number of anilines is 2. The number of ether oxygens (including phenoxy) is 1. The van der Waals surface area contributed by atoms with Gasteiger partial charge in [0, 0.05) is 49.5 Å². The molecule has 0 bridgehead atoms. The third-order valence-corrected chi connectivity index (χ3v) is 5.64. The predicted octanol–water partition coefficient (Wildman–Crippen LogP) is 3.65. The van der Waals surface area contributed by atoms with Gasteiger partial charge in [0.15, 0.2) is 0 Å². The fourth-order valence-corrected chi connectivity index (χ4v) is 3.89. The van der Waals surface area contributed by atoms with Gasteiger partial charge >= 0.3 is 0 Å². The van der Waals surface area contributed by atoms with Gasteiger partial charge in [0.1, 0.15) is 17.2 Å². The third kappa shape index (κ3) is 3.69. The van der Waals surface area contributed by atoms with E-state index >= 15 is 0 Å². The molecule has 7 nitrogen and oxygen atoms in total. The van der Waals surface area contributed by atoms with Gasteiger partial charge in [-0.05, 0) is 54.6 Å². The molecule has 1 aliphatic heterocycles. The van der Waals surface area contributed by atoms with Crippen LogP contribution in [0.5, 0.6) is 0 Å². The summed E-state index contributed by atoms with van der Waals surface area (Å²) in [5.41, 5.74) is 3.35. The lowest BCUT2D eigenvalue weighted by molar-refractivity contribution is 0.0988. The van der Waals surface area contributed by atoms with E-state index in [0.29, 0.717) is 35.9 Å². The van der Waals surface area contributed by atoms with Gasteiger partial charge in [0.25, 0.3) is 5.91 Å². The minimum atomic E-state index is -0.346. The number of nitrogens with zero attached hydrogens (tertiary/aromatic N) is 5. The van der Waals surface area contributed by atoms with Crippen LogP contribution in [0.25, 0.3) is 17.0 Å². The molecule has 162 valence electrons. The summed E-state index contributed by atoms with van der Waals surface area (Å²) in [7, 11) is 1.73. The van der Waals surface area contributed by atoms with Gasteiger partial charge in [-0.25, -0.2) is 14.4 Å². The Morgan fingerprint density at radius 2 is 1.78 bits per heavy atom. The number of imidazole rings is 1. The Balaban J connectivity index is 1.50. The van der Waals surface area contributed by atoms with Gasteiger partial charge in [0.2, 0.25) is 5.78 Å². The number of morpholine rings is 1. The molecule has 0 unspecified atom stereocenters. The van der Waals surface area contributed by atoms with Crippen molar-refractivity contribution in [3.8, 4) is 11.3 Å². The summed E-state index contributed by atoms with van der Waals surface area (Å²) in [6, 6.07) is 15.6. The topological polar surface area (TPSA) is 63.0 Å². The Kier molecular flexibility index (Phi) is 5.28. The molecular formula is C24H22FN5O2. The number of fused-ring (bicyclic) bond motifs is 1. The van der Waals surface area contributed by atoms with Crippen molar-refractivity contribution in [2.75, 3.05) is 43.2 Å². The summed E-state index contributed by atoms with van der Waals surface area (Å²) in [5, 5.41) is 0. The van der Waals surface area contributed by atoms with E-state index in [1.165, 1.54) is 12.1 Å². The molecule has 5 rings (SSSR count). The van der Waals surface area contributed by atoms with E-state index in [1.54, 1.807) is 46.9 Å². The SMILES string of the molecule is CN(C(=O)c1c(-c2ccc(F)cc2)nc2ncccn12)c1ccc(N2CCOCC2)cc1. The first-order chi connectivity index (χ1) is 15.6. The normalized spacial score (nSPS) is 14.0. The lowest BCUT2D eigenvalue weighted by Crippen LogP contribution is -2.36. The van der Waals surface area contributed by atoms with Crippen LogP contribution in [0.4, 0.5) is 15.8 Å². The van der Waals surface area contributed by atoms with E-state index < -0.39 is 0 Å². The molecule has 0 atom stereocenters. The Morgan fingerprint density at radius 1 is 1.06 bits per heavy atom. The molecule has 0 radical (unpaired) electrons. The fourth-order valence-electron chi connectivity index (χ4n) is 3.89. The van der Waals surface area contributed by atoms with E-state index in [0.717, 1.165) is 24.5 Å². The van der Waals surface area contributed by atoms with E-state index in [4.69, 9.17) is 4.74 Å². The molecule has 2 aromatic heterocycles. The molecule has 1 fully saturated rings. The van der Waals surface area contributed by atoms with Gasteiger partial charge in [0.05, 0.1) is 13.2 Å². The highest BCUT2D eigenvalue weighted by Gasteiger charge is 2.25. The maximum absolute atomic E-state index is 13.6. The van der Waals surface area contributed by atoms with Crippen molar-refractivity contribution in [1.82, 2.24) is 14.4 Å². The molecule has 1 amide bonds. The molecule has 32 heavy (non-hydrogen) atoms. The Hall–Kier alpha value is -3.78. The van der Waals surface area contributed by atoms with Crippen molar-refractivity contribution in [1.29, 1.82) is 0 Å². The molecule has 0 N–H and O–H groups in total. The number of hydrogen-bond acceptors (Lipinski definition) is 5. The van der Waals surface area contributed by atoms with Gasteiger partial charge in [-0.1, -0.05) is 0 Å². The number of rotatable bonds is 4. The fraction of sp³-hybridized carbons (Fsp3) is 0.208. The lowest BCUT2D eigenvalue weighted by Gasteiger charge is -2.29. The van der Waals surface area contributed by atoms with Gasteiger partial charge < -0.3 is 14.5 Å². The summed E-state index contributed by atoms with van der Waals surface area (Å²) in [6.45, 7) is 3.14. The van der Waals surface area contributed by atoms with Crippen molar-refractivity contribution in [3.63, 3.8) is 0 Å². The summed E-state index contributed by atoms with van der Waals surface area (Å²) in [6.07, 6.45) is 3.38. The highest BCUT2D eigenvalue weighted by Crippen LogP contribution is 2.28. The molecule has 4 aromatic rings. The molecule has 0 saturated carbocycles. The highest BCUT2D eigenvalue weighted by atomic mass is 19.1. The average Bonchev–Trinajstić information content (AvgIpc) is 3.24. The molecule has 8 heteroatoms. The first-order valence-electron chi connectivity index (χ1n) is 10.4. The standard InChI is InChI=1S/C24H22FN5O2/c1-28(19-7-9-20(10-8-19)29-13-15-32-16-14-29)23(31)22-21(17-3-5-18(25)6-4-17)27-24-26-11-2-12-30(22)24/h2-12H,13-16H2,1H3. The number of hydrogen-bond donors (Lipinski definition) is 0. The minimum Gasteiger partial charge on any atom is -0.378 e. The lowest BCUT2D eigenvalue weighted by atomic mass is 10.1. The number of aromatic nitrogens is 3. The zero-order valence-electron chi connectivity index (χ0n) is 17.6. The van der Waals surface area contributed by atoms with Crippen LogP contribution in [0.3, 0.4) is 0 Å². The van der Waals surface area contributed by atoms with Crippen LogP contribution < -0.4 is 9.80 Å². The first-order valence-corrected chi connectivity index (χ1v) is 10.4. The average molecular weight is 431 g/mol. The quantitative estimate of drug-likeness (QED) is 0.494. The van der Waals surface area contributed by atoms with Gasteiger partial charge in [-0.3, -0.25) is 9.20 Å². The van der Waals surface area contributed by atoms with Crippen LogP contribution in [0.15, 0.2) is 67.0 Å². The summed E-state index contributed by atoms with van der Waals surface area (Å²) in [5.74, 6) is -0.170. The second-order valence-corrected chi connectivity index (χ2v) is 7.59. The molecule has 1 aliphatic rings. The van der Waals surface area contributed by atoms with Crippen LogP contribution in [-0.4, -0.2) is 53.6 Å². The molecule has 3 heterocycles. The first kappa shape index (κ1) is 20.1. The second-order valence-electron chi connectivity index (χ2n) is 7.59. The molecular weight excluding hydrogens is 409 g/mol. The van der Waals surface area contributed by atoms with Gasteiger partial charge in [-0.15, -0.1) is 0 Å². The molecule has 0 spiro atoms. The largest absolute Gasteiger partial charge is 0.378 e. The van der Waals surface area contributed by atoms with E-state index in [-0.39, 0.29) is 11.7 Å². The minimum absolute atomic E-state index is 0.232. The van der Waals surface area contributed by atoms with Crippen molar-refractivity contribution in [2.24, 2.45) is 0 Å². The van der Waals surface area contributed by atoms with E-state index in [2.05, 4.69) is 14.9 Å². The smallest absolute Gasteiger partial charge is 0.277 e. The Morgan fingerprint density at radius 3 is 2.50 bits per heavy atom. The second kappa shape index (κ2) is 8.39. The molecule has 2 aromatic carbocycles. The summed E-state index contributed by atoms with van der Waals surface area (Å²) in [4.78, 5) is 26.3. The summed E-state index contributed by atoms with van der Waals surface area (Å²) >= 11 is 0. The van der Waals surface area contributed by atoms with E-state index in [9.17, 15) is 9.18 Å². The van der Waals surface area contributed by atoms with Crippen LogP contribution in [0, 0.1) is 5.82 Å². The Bertz CT molecular complexity index is 1250. The number of amides is 1. The molecule has 1 saturated heterocycles. The molecule has 0 aliphatic carbocycles.